The smallest absolute Gasteiger partial charge is 0.119 e. The maximum absolute atomic E-state index is 10.3. The van der Waals surface area contributed by atoms with E-state index in [2.05, 4.69) is 29.7 Å². The van der Waals surface area contributed by atoms with Crippen molar-refractivity contribution in [3.05, 3.63) is 58.6 Å². The molecule has 0 amide bonds. The molecule has 0 spiro atoms. The molecule has 4 nitrogen and oxygen atoms in total. The van der Waals surface area contributed by atoms with Crippen molar-refractivity contribution < 1.29 is 9.84 Å². The summed E-state index contributed by atoms with van der Waals surface area (Å²) in [5.41, 5.74) is 3.61. The van der Waals surface area contributed by atoms with Crippen LogP contribution < -0.4 is 9.64 Å². The van der Waals surface area contributed by atoms with Gasteiger partial charge in [0.15, 0.2) is 0 Å². The van der Waals surface area contributed by atoms with Crippen LogP contribution in [0.15, 0.2) is 42.5 Å². The molecule has 1 aliphatic rings. The molecule has 0 bridgehead atoms. The van der Waals surface area contributed by atoms with E-state index in [9.17, 15) is 5.11 Å². The van der Waals surface area contributed by atoms with E-state index in [-0.39, 0.29) is 0 Å². The van der Waals surface area contributed by atoms with Crippen LogP contribution in [0.3, 0.4) is 0 Å². The van der Waals surface area contributed by atoms with E-state index in [1.165, 1.54) is 11.1 Å². The normalized spacial score (nSPS) is 16.5. The largest absolute Gasteiger partial charge is 0.491 e. The highest BCUT2D eigenvalue weighted by Gasteiger charge is 2.20. The Labute approximate surface area is 160 Å². The van der Waals surface area contributed by atoms with Crippen LogP contribution in [0.25, 0.3) is 0 Å². The second-order valence-corrected chi connectivity index (χ2v) is 7.41. The number of hydrogen-bond acceptors (Lipinski definition) is 4. The van der Waals surface area contributed by atoms with Gasteiger partial charge in [0.2, 0.25) is 0 Å². The van der Waals surface area contributed by atoms with Gasteiger partial charge in [-0.1, -0.05) is 23.7 Å². The number of piperazine rings is 1. The summed E-state index contributed by atoms with van der Waals surface area (Å²) in [6.07, 6.45) is -0.491. The molecule has 2 aromatic rings. The number of benzene rings is 2. The third-order valence-electron chi connectivity index (χ3n) is 4.94. The summed E-state index contributed by atoms with van der Waals surface area (Å²) in [5, 5.41) is 11.1. The molecule has 1 atom stereocenters. The second-order valence-electron chi connectivity index (χ2n) is 6.98. The number of aryl methyl sites for hydroxylation is 2. The predicted molar refractivity (Wildman–Crippen MR) is 108 cm³/mol. The number of anilines is 1. The Hall–Kier alpha value is -1.75. The number of nitrogens with zero attached hydrogens (tertiary/aromatic N) is 2. The fourth-order valence-electron chi connectivity index (χ4n) is 3.21. The van der Waals surface area contributed by atoms with Crippen LogP contribution in [-0.2, 0) is 0 Å². The topological polar surface area (TPSA) is 35.9 Å². The number of aliphatic hydroxyl groups is 1. The van der Waals surface area contributed by atoms with Crippen LogP contribution in [0.1, 0.15) is 11.1 Å². The van der Waals surface area contributed by atoms with E-state index in [0.717, 1.165) is 42.6 Å². The van der Waals surface area contributed by atoms with Crippen LogP contribution in [0.5, 0.6) is 5.75 Å². The summed E-state index contributed by atoms with van der Waals surface area (Å²) in [6.45, 7) is 8.82. The first-order chi connectivity index (χ1) is 12.5. The van der Waals surface area contributed by atoms with Crippen molar-refractivity contribution >= 4 is 17.3 Å². The lowest BCUT2D eigenvalue weighted by Crippen LogP contribution is -2.49. The fourth-order valence-corrected chi connectivity index (χ4v) is 3.39. The van der Waals surface area contributed by atoms with Crippen molar-refractivity contribution in [1.29, 1.82) is 0 Å². The first kappa shape index (κ1) is 19.0. The number of β-amino-alcohol motifs (C(OH)–C–C–N with tert-alkyl or cyclic N) is 1. The highest BCUT2D eigenvalue weighted by molar-refractivity contribution is 6.30. The lowest BCUT2D eigenvalue weighted by Gasteiger charge is -2.36. The van der Waals surface area contributed by atoms with Crippen LogP contribution in [0.4, 0.5) is 5.69 Å². The van der Waals surface area contributed by atoms with Gasteiger partial charge in [-0.2, -0.15) is 0 Å². The van der Waals surface area contributed by atoms with Gasteiger partial charge >= 0.3 is 0 Å². The summed E-state index contributed by atoms with van der Waals surface area (Å²) < 4.78 is 5.75. The summed E-state index contributed by atoms with van der Waals surface area (Å²) in [5.74, 6) is 0.818. The molecule has 1 fully saturated rings. The third kappa shape index (κ3) is 5.13. The molecule has 0 saturated carbocycles. The molecule has 3 rings (SSSR count). The van der Waals surface area contributed by atoms with Crippen molar-refractivity contribution in [2.24, 2.45) is 0 Å². The van der Waals surface area contributed by atoms with Crippen molar-refractivity contribution in [2.75, 3.05) is 44.2 Å². The number of aliphatic hydroxyl groups excluding tert-OH is 1. The van der Waals surface area contributed by atoms with Gasteiger partial charge in [0.1, 0.15) is 18.5 Å². The maximum Gasteiger partial charge on any atom is 0.119 e. The van der Waals surface area contributed by atoms with Crippen LogP contribution in [0, 0.1) is 13.8 Å². The standard InChI is InChI=1S/C21H27ClN2O2/c1-16-6-7-21(12-17(16)2)26-15-20(25)14-23-8-10-24(11-9-23)19-5-3-4-18(22)13-19/h3-7,12-13,20,25H,8-11,14-15H2,1-2H3/t20-/m1/s1. The Kier molecular flexibility index (Phi) is 6.41. The van der Waals surface area contributed by atoms with Gasteiger partial charge in [-0.05, 0) is 55.3 Å². The number of ether oxygens (including phenoxy) is 1. The van der Waals surface area contributed by atoms with E-state index in [1.807, 2.05) is 36.4 Å². The molecule has 0 aromatic heterocycles. The molecule has 1 saturated heterocycles. The van der Waals surface area contributed by atoms with E-state index in [1.54, 1.807) is 0 Å². The molecule has 1 heterocycles. The zero-order valence-corrected chi connectivity index (χ0v) is 16.2. The van der Waals surface area contributed by atoms with Gasteiger partial charge in [0.05, 0.1) is 0 Å². The van der Waals surface area contributed by atoms with Crippen LogP contribution in [0.2, 0.25) is 5.02 Å². The van der Waals surface area contributed by atoms with E-state index in [0.29, 0.717) is 13.2 Å². The SMILES string of the molecule is Cc1ccc(OC[C@H](O)CN2CCN(c3cccc(Cl)c3)CC2)cc1C. The number of halogens is 1. The zero-order valence-electron chi connectivity index (χ0n) is 15.5. The fraction of sp³-hybridized carbons (Fsp3) is 0.429. The summed E-state index contributed by atoms with van der Waals surface area (Å²) in [6, 6.07) is 14.0. The van der Waals surface area contributed by atoms with Crippen LogP contribution in [-0.4, -0.2) is 55.4 Å². The molecule has 2 aromatic carbocycles. The van der Waals surface area contributed by atoms with Crippen LogP contribution >= 0.6 is 11.6 Å². The molecule has 26 heavy (non-hydrogen) atoms. The van der Waals surface area contributed by atoms with Crippen molar-refractivity contribution in [3.63, 3.8) is 0 Å². The first-order valence-corrected chi connectivity index (χ1v) is 9.50. The molecule has 140 valence electrons. The minimum Gasteiger partial charge on any atom is -0.491 e. The minimum atomic E-state index is -0.491. The highest BCUT2D eigenvalue weighted by Crippen LogP contribution is 2.21. The molecule has 1 N–H and O–H groups in total. The van der Waals surface area contributed by atoms with Crippen molar-refractivity contribution in [3.8, 4) is 5.75 Å². The Morgan fingerprint density at radius 2 is 1.81 bits per heavy atom. The molecular weight excluding hydrogens is 348 g/mol. The monoisotopic (exact) mass is 374 g/mol. The van der Waals surface area contributed by atoms with Crippen molar-refractivity contribution in [1.82, 2.24) is 4.90 Å². The highest BCUT2D eigenvalue weighted by atomic mass is 35.5. The van der Waals surface area contributed by atoms with Gasteiger partial charge in [-0.3, -0.25) is 4.90 Å². The Morgan fingerprint density at radius 1 is 1.04 bits per heavy atom. The molecule has 0 aliphatic carbocycles. The quantitative estimate of drug-likeness (QED) is 0.839. The Balaban J connectivity index is 1.43. The van der Waals surface area contributed by atoms with E-state index in [4.69, 9.17) is 16.3 Å². The third-order valence-corrected chi connectivity index (χ3v) is 5.17. The number of rotatable bonds is 6. The molecular formula is C21H27ClN2O2. The zero-order chi connectivity index (χ0) is 18.5. The molecule has 1 aliphatic heterocycles. The first-order valence-electron chi connectivity index (χ1n) is 9.12. The summed E-state index contributed by atoms with van der Waals surface area (Å²) >= 11 is 6.08. The number of hydrogen-bond donors (Lipinski definition) is 1. The lowest BCUT2D eigenvalue weighted by molar-refractivity contribution is 0.0663. The van der Waals surface area contributed by atoms with Gasteiger partial charge < -0.3 is 14.7 Å². The van der Waals surface area contributed by atoms with Gasteiger partial charge in [-0.15, -0.1) is 0 Å². The van der Waals surface area contributed by atoms with Crippen molar-refractivity contribution in [2.45, 2.75) is 20.0 Å². The van der Waals surface area contributed by atoms with E-state index >= 15 is 0 Å². The maximum atomic E-state index is 10.3. The van der Waals surface area contributed by atoms with Gasteiger partial charge in [-0.25, -0.2) is 0 Å². The van der Waals surface area contributed by atoms with Gasteiger partial charge in [0.25, 0.3) is 0 Å². The van der Waals surface area contributed by atoms with Gasteiger partial charge in [0, 0.05) is 43.4 Å². The summed E-state index contributed by atoms with van der Waals surface area (Å²) in [4.78, 5) is 4.62. The lowest BCUT2D eigenvalue weighted by atomic mass is 10.1. The minimum absolute atomic E-state index is 0.316. The molecule has 0 radical (unpaired) electrons. The van der Waals surface area contributed by atoms with E-state index < -0.39 is 6.10 Å². The molecule has 5 heteroatoms. The average molecular weight is 375 g/mol. The summed E-state index contributed by atoms with van der Waals surface area (Å²) in [7, 11) is 0. The second kappa shape index (κ2) is 8.76. The predicted octanol–water partition coefficient (Wildman–Crippen LogP) is 3.52. The average Bonchev–Trinajstić information content (AvgIpc) is 2.63. The Morgan fingerprint density at radius 3 is 2.50 bits per heavy atom. The molecule has 0 unspecified atom stereocenters. The Bertz CT molecular complexity index is 730.